The molecule has 1 aliphatic heterocycles. The summed E-state index contributed by atoms with van der Waals surface area (Å²) in [5.74, 6) is 0.0887. The summed E-state index contributed by atoms with van der Waals surface area (Å²) >= 11 is 0. The average molecular weight is 385 g/mol. The minimum absolute atomic E-state index is 0.0731. The molecule has 1 N–H and O–H groups in total. The van der Waals surface area contributed by atoms with Gasteiger partial charge in [0.15, 0.2) is 0 Å². The van der Waals surface area contributed by atoms with Crippen LogP contribution in [0, 0.1) is 0 Å². The third-order valence-electron chi connectivity index (χ3n) is 4.72. The van der Waals surface area contributed by atoms with Gasteiger partial charge in [-0.15, -0.1) is 0 Å². The Bertz CT molecular complexity index is 824. The highest BCUT2D eigenvalue weighted by atomic mass is 16.5. The number of furan rings is 1. The van der Waals surface area contributed by atoms with E-state index in [0.717, 1.165) is 0 Å². The molecule has 1 atom stereocenters. The molecule has 1 aromatic carbocycles. The van der Waals surface area contributed by atoms with E-state index in [9.17, 15) is 14.4 Å². The summed E-state index contributed by atoms with van der Waals surface area (Å²) in [6, 6.07) is 7.83. The van der Waals surface area contributed by atoms with Crippen molar-refractivity contribution in [2.75, 3.05) is 33.3 Å². The quantitative estimate of drug-likeness (QED) is 0.840. The zero-order valence-corrected chi connectivity index (χ0v) is 15.9. The summed E-state index contributed by atoms with van der Waals surface area (Å²) in [5.41, 5.74) is 0.955. The van der Waals surface area contributed by atoms with Crippen LogP contribution in [0.1, 0.15) is 27.6 Å². The number of hydrogen-bond acceptors (Lipinski definition) is 5. The number of ether oxygens (including phenoxy) is 1. The summed E-state index contributed by atoms with van der Waals surface area (Å²) in [6.45, 7) is 3.38. The number of rotatable bonds is 5. The van der Waals surface area contributed by atoms with Gasteiger partial charge in [0, 0.05) is 31.7 Å². The number of amides is 3. The molecule has 1 fully saturated rings. The third-order valence-corrected chi connectivity index (χ3v) is 4.72. The van der Waals surface area contributed by atoms with Crippen LogP contribution in [0.3, 0.4) is 0 Å². The number of hydrogen-bond donors (Lipinski definition) is 1. The van der Waals surface area contributed by atoms with Crippen LogP contribution in [0.25, 0.3) is 0 Å². The number of nitrogens with one attached hydrogen (secondary N) is 1. The molecular weight excluding hydrogens is 362 g/mol. The summed E-state index contributed by atoms with van der Waals surface area (Å²) < 4.78 is 9.98. The van der Waals surface area contributed by atoms with Gasteiger partial charge in [0.25, 0.3) is 11.8 Å². The molecule has 3 rings (SSSR count). The monoisotopic (exact) mass is 385 g/mol. The van der Waals surface area contributed by atoms with Gasteiger partial charge >= 0.3 is 0 Å². The topological polar surface area (TPSA) is 92.1 Å². The van der Waals surface area contributed by atoms with Crippen LogP contribution in [0.2, 0.25) is 0 Å². The molecule has 28 heavy (non-hydrogen) atoms. The molecule has 8 heteroatoms. The summed E-state index contributed by atoms with van der Waals surface area (Å²) in [7, 11) is 1.58. The zero-order chi connectivity index (χ0) is 20.1. The first-order valence-electron chi connectivity index (χ1n) is 9.05. The fraction of sp³-hybridized carbons (Fsp3) is 0.350. The van der Waals surface area contributed by atoms with Crippen LogP contribution in [0.4, 0.5) is 0 Å². The van der Waals surface area contributed by atoms with Crippen LogP contribution < -0.4 is 10.1 Å². The number of piperazine rings is 1. The number of methoxy groups -OCH3 is 1. The van der Waals surface area contributed by atoms with E-state index in [0.29, 0.717) is 43.1 Å². The summed E-state index contributed by atoms with van der Waals surface area (Å²) in [5, 5.41) is 2.67. The largest absolute Gasteiger partial charge is 0.497 e. The predicted octanol–water partition coefficient (Wildman–Crippen LogP) is 1.39. The van der Waals surface area contributed by atoms with Crippen molar-refractivity contribution in [2.24, 2.45) is 0 Å². The normalized spacial score (nSPS) is 15.1. The first kappa shape index (κ1) is 19.5. The van der Waals surface area contributed by atoms with Crippen molar-refractivity contribution in [3.8, 4) is 5.75 Å². The van der Waals surface area contributed by atoms with E-state index in [2.05, 4.69) is 5.32 Å². The molecule has 8 nitrogen and oxygen atoms in total. The molecule has 3 amide bonds. The number of nitrogens with zero attached hydrogens (tertiary/aromatic N) is 2. The number of carbonyl (C=O) groups excluding carboxylic acids is 3. The smallest absolute Gasteiger partial charge is 0.255 e. The Morgan fingerprint density at radius 1 is 1.00 bits per heavy atom. The lowest BCUT2D eigenvalue weighted by molar-refractivity contribution is -0.134. The Kier molecular flexibility index (Phi) is 5.98. The first-order valence-corrected chi connectivity index (χ1v) is 9.05. The van der Waals surface area contributed by atoms with E-state index in [4.69, 9.17) is 9.15 Å². The van der Waals surface area contributed by atoms with Crippen LogP contribution in [0.5, 0.6) is 5.75 Å². The van der Waals surface area contributed by atoms with E-state index < -0.39 is 6.04 Å². The van der Waals surface area contributed by atoms with Crippen LogP contribution in [-0.2, 0) is 4.79 Å². The molecule has 2 heterocycles. The van der Waals surface area contributed by atoms with E-state index in [1.165, 1.54) is 18.6 Å². The van der Waals surface area contributed by atoms with Gasteiger partial charge in [0.1, 0.15) is 18.1 Å². The lowest BCUT2D eigenvalue weighted by Gasteiger charge is -2.36. The molecule has 0 radical (unpaired) electrons. The minimum atomic E-state index is -0.661. The molecule has 1 aromatic heterocycles. The van der Waals surface area contributed by atoms with Crippen LogP contribution >= 0.6 is 0 Å². The summed E-state index contributed by atoms with van der Waals surface area (Å²) in [4.78, 5) is 40.6. The standard InChI is InChI=1S/C20H23N3O5/c1-14(21-18(24)16-7-12-28-13-16)19(25)22-8-10-23(11-9-22)20(26)15-3-5-17(27-2)6-4-15/h3-7,12-14H,8-11H2,1-2H3,(H,21,24). The van der Waals surface area contributed by atoms with Crippen molar-refractivity contribution in [3.05, 3.63) is 54.0 Å². The van der Waals surface area contributed by atoms with Gasteiger partial charge in [-0.05, 0) is 37.3 Å². The van der Waals surface area contributed by atoms with Crippen molar-refractivity contribution in [2.45, 2.75) is 13.0 Å². The molecule has 148 valence electrons. The Hall–Kier alpha value is -3.29. The van der Waals surface area contributed by atoms with Crippen LogP contribution in [-0.4, -0.2) is 66.9 Å². The van der Waals surface area contributed by atoms with E-state index in [1.807, 2.05) is 0 Å². The zero-order valence-electron chi connectivity index (χ0n) is 15.9. The number of carbonyl (C=O) groups is 3. The molecule has 0 spiro atoms. The summed E-state index contributed by atoms with van der Waals surface area (Å²) in [6.07, 6.45) is 2.73. The Morgan fingerprint density at radius 3 is 2.21 bits per heavy atom. The predicted molar refractivity (Wildman–Crippen MR) is 101 cm³/mol. The fourth-order valence-electron chi connectivity index (χ4n) is 3.06. The van der Waals surface area contributed by atoms with Gasteiger partial charge < -0.3 is 24.3 Å². The molecule has 1 aliphatic rings. The maximum absolute atomic E-state index is 12.6. The highest BCUT2D eigenvalue weighted by molar-refractivity contribution is 5.97. The van der Waals surface area contributed by atoms with Gasteiger partial charge in [0.2, 0.25) is 5.91 Å². The average Bonchev–Trinajstić information content (AvgIpc) is 3.28. The lowest BCUT2D eigenvalue weighted by atomic mass is 10.1. The third kappa shape index (κ3) is 4.33. The van der Waals surface area contributed by atoms with Gasteiger partial charge in [-0.3, -0.25) is 14.4 Å². The SMILES string of the molecule is COc1ccc(C(=O)N2CCN(C(=O)C(C)NC(=O)c3ccoc3)CC2)cc1. The van der Waals surface area contributed by atoms with Crippen LogP contribution in [0.15, 0.2) is 47.3 Å². The molecular formula is C20H23N3O5. The second-order valence-corrected chi connectivity index (χ2v) is 6.55. The lowest BCUT2D eigenvalue weighted by Crippen LogP contribution is -2.55. The molecule has 1 unspecified atom stereocenters. The second kappa shape index (κ2) is 8.60. The van der Waals surface area contributed by atoms with Gasteiger partial charge in [0.05, 0.1) is 18.9 Å². The Balaban J connectivity index is 1.51. The second-order valence-electron chi connectivity index (χ2n) is 6.55. The molecule has 0 saturated carbocycles. The van der Waals surface area contributed by atoms with E-state index in [-0.39, 0.29) is 17.7 Å². The van der Waals surface area contributed by atoms with Crippen molar-refractivity contribution >= 4 is 17.7 Å². The fourth-order valence-corrected chi connectivity index (χ4v) is 3.06. The van der Waals surface area contributed by atoms with Crippen molar-refractivity contribution in [1.82, 2.24) is 15.1 Å². The highest BCUT2D eigenvalue weighted by Gasteiger charge is 2.28. The first-order chi connectivity index (χ1) is 13.5. The van der Waals surface area contributed by atoms with Gasteiger partial charge in [-0.25, -0.2) is 0 Å². The highest BCUT2D eigenvalue weighted by Crippen LogP contribution is 2.14. The van der Waals surface area contributed by atoms with Crippen molar-refractivity contribution in [3.63, 3.8) is 0 Å². The van der Waals surface area contributed by atoms with E-state index >= 15 is 0 Å². The molecule has 2 aromatic rings. The molecule has 0 aliphatic carbocycles. The van der Waals surface area contributed by atoms with Gasteiger partial charge in [-0.1, -0.05) is 0 Å². The van der Waals surface area contributed by atoms with E-state index in [1.54, 1.807) is 48.1 Å². The number of benzene rings is 1. The molecule has 1 saturated heterocycles. The van der Waals surface area contributed by atoms with Crippen molar-refractivity contribution < 1.29 is 23.5 Å². The van der Waals surface area contributed by atoms with Gasteiger partial charge in [-0.2, -0.15) is 0 Å². The maximum Gasteiger partial charge on any atom is 0.255 e. The maximum atomic E-state index is 12.6. The Morgan fingerprint density at radius 2 is 1.64 bits per heavy atom. The minimum Gasteiger partial charge on any atom is -0.497 e. The Labute approximate surface area is 163 Å². The molecule has 0 bridgehead atoms. The van der Waals surface area contributed by atoms with Crippen molar-refractivity contribution in [1.29, 1.82) is 0 Å².